The Hall–Kier alpha value is -2.27. The normalized spacial score (nSPS) is 17.3. The molecule has 25 heavy (non-hydrogen) atoms. The number of para-hydroxylation sites is 1. The highest BCUT2D eigenvalue weighted by Gasteiger charge is 2.29. The molecule has 3 heterocycles. The fourth-order valence-corrected chi connectivity index (χ4v) is 4.57. The molecule has 0 spiro atoms. The maximum atomic E-state index is 12.7. The Morgan fingerprint density at radius 2 is 2.04 bits per heavy atom. The van der Waals surface area contributed by atoms with E-state index in [4.69, 9.17) is 0 Å². The molecule has 1 atom stereocenters. The number of nitrogens with zero attached hydrogens (tertiary/aromatic N) is 3. The first kappa shape index (κ1) is 16.2. The topological polar surface area (TPSA) is 46.1 Å². The highest BCUT2D eigenvalue weighted by Crippen LogP contribution is 2.32. The van der Waals surface area contributed by atoms with Crippen LogP contribution in [0.4, 0.5) is 0 Å². The van der Waals surface area contributed by atoms with Crippen molar-refractivity contribution >= 4 is 27.5 Å². The van der Waals surface area contributed by atoms with Crippen molar-refractivity contribution in [1.29, 1.82) is 0 Å². The predicted molar refractivity (Wildman–Crippen MR) is 100 cm³/mol. The maximum absolute atomic E-state index is 12.7. The fraction of sp³-hybridized carbons (Fsp3) is 0.350. The number of fused-ring (bicyclic) bond motifs is 1. The zero-order valence-corrected chi connectivity index (χ0v) is 14.9. The number of pyridine rings is 1. The monoisotopic (exact) mass is 351 g/mol. The molecule has 0 bridgehead atoms. The van der Waals surface area contributed by atoms with Gasteiger partial charge < -0.3 is 4.90 Å². The quantitative estimate of drug-likeness (QED) is 0.685. The summed E-state index contributed by atoms with van der Waals surface area (Å²) in [6.07, 6.45) is 8.08. The number of hydrogen-bond acceptors (Lipinski definition) is 4. The lowest BCUT2D eigenvalue weighted by Gasteiger charge is -2.25. The Labute approximate surface area is 151 Å². The van der Waals surface area contributed by atoms with E-state index in [-0.39, 0.29) is 11.9 Å². The van der Waals surface area contributed by atoms with Gasteiger partial charge in [0.15, 0.2) is 0 Å². The number of likely N-dealkylation sites (tertiary alicyclic amines) is 1. The lowest BCUT2D eigenvalue weighted by Crippen LogP contribution is -2.30. The van der Waals surface area contributed by atoms with Gasteiger partial charge in [0.1, 0.15) is 0 Å². The molecule has 2 aromatic heterocycles. The van der Waals surface area contributed by atoms with Crippen LogP contribution >= 0.6 is 11.3 Å². The van der Waals surface area contributed by atoms with Crippen LogP contribution in [0.3, 0.4) is 0 Å². The average molecular weight is 351 g/mol. The second-order valence-electron chi connectivity index (χ2n) is 6.45. The first-order valence-corrected chi connectivity index (χ1v) is 9.67. The number of carbonyl (C=O) groups is 1. The van der Waals surface area contributed by atoms with E-state index in [9.17, 15) is 4.79 Å². The van der Waals surface area contributed by atoms with E-state index in [0.717, 1.165) is 42.8 Å². The van der Waals surface area contributed by atoms with Gasteiger partial charge >= 0.3 is 0 Å². The summed E-state index contributed by atoms with van der Waals surface area (Å²) in [6.45, 7) is 0.868. The molecule has 5 heteroatoms. The van der Waals surface area contributed by atoms with E-state index in [1.54, 1.807) is 11.3 Å². The Kier molecular flexibility index (Phi) is 4.74. The summed E-state index contributed by atoms with van der Waals surface area (Å²) >= 11 is 1.74. The van der Waals surface area contributed by atoms with Gasteiger partial charge in [0.25, 0.3) is 0 Å². The molecule has 0 radical (unpaired) electrons. The van der Waals surface area contributed by atoms with Crippen LogP contribution in [-0.4, -0.2) is 27.3 Å². The van der Waals surface area contributed by atoms with Crippen LogP contribution in [0.2, 0.25) is 0 Å². The summed E-state index contributed by atoms with van der Waals surface area (Å²) in [6, 6.07) is 12.5. The standard InChI is InChI=1S/C20H21N3OS/c24-20(23-14-4-6-17(23)15-10-12-21-13-11-15)9-3-8-19-22-16-5-1-2-7-18(16)25-19/h1-2,5,7,10-13,17H,3-4,6,8-9,14H2. The van der Waals surface area contributed by atoms with Crippen LogP contribution in [0.1, 0.15) is 42.3 Å². The first-order chi connectivity index (χ1) is 12.3. The van der Waals surface area contributed by atoms with Gasteiger partial charge in [0.05, 0.1) is 21.3 Å². The minimum atomic E-state index is 0.220. The molecular formula is C20H21N3OS. The molecule has 1 saturated heterocycles. The van der Waals surface area contributed by atoms with Gasteiger partial charge in [-0.25, -0.2) is 4.98 Å². The van der Waals surface area contributed by atoms with Crippen LogP contribution in [0, 0.1) is 0 Å². The number of carbonyl (C=O) groups excluding carboxylic acids is 1. The second-order valence-corrected chi connectivity index (χ2v) is 7.57. The summed E-state index contributed by atoms with van der Waals surface area (Å²) in [7, 11) is 0. The molecule has 3 aromatic rings. The van der Waals surface area contributed by atoms with E-state index >= 15 is 0 Å². The third-order valence-electron chi connectivity index (χ3n) is 4.78. The van der Waals surface area contributed by atoms with Gasteiger partial charge in [-0.1, -0.05) is 12.1 Å². The minimum Gasteiger partial charge on any atom is -0.336 e. The fourth-order valence-electron chi connectivity index (χ4n) is 3.56. The molecule has 1 fully saturated rings. The molecule has 4 rings (SSSR count). The van der Waals surface area contributed by atoms with Crippen LogP contribution < -0.4 is 0 Å². The molecule has 0 N–H and O–H groups in total. The van der Waals surface area contributed by atoms with Crippen LogP contribution in [0.15, 0.2) is 48.8 Å². The molecule has 128 valence electrons. The van der Waals surface area contributed by atoms with E-state index < -0.39 is 0 Å². The largest absolute Gasteiger partial charge is 0.336 e. The molecule has 1 aromatic carbocycles. The number of hydrogen-bond donors (Lipinski definition) is 0. The van der Waals surface area contributed by atoms with Gasteiger partial charge in [-0.05, 0) is 55.5 Å². The first-order valence-electron chi connectivity index (χ1n) is 8.85. The number of rotatable bonds is 5. The van der Waals surface area contributed by atoms with Gasteiger partial charge in [-0.15, -0.1) is 11.3 Å². The number of amides is 1. The highest BCUT2D eigenvalue weighted by molar-refractivity contribution is 7.18. The molecular weight excluding hydrogens is 330 g/mol. The van der Waals surface area contributed by atoms with Gasteiger partial charge in [0.2, 0.25) is 5.91 Å². The number of thiazole rings is 1. The molecule has 0 saturated carbocycles. The van der Waals surface area contributed by atoms with Gasteiger partial charge in [-0.2, -0.15) is 0 Å². The lowest BCUT2D eigenvalue weighted by molar-refractivity contribution is -0.132. The zero-order valence-electron chi connectivity index (χ0n) is 14.1. The van der Waals surface area contributed by atoms with Gasteiger partial charge in [-0.3, -0.25) is 9.78 Å². The van der Waals surface area contributed by atoms with Crippen molar-refractivity contribution < 1.29 is 4.79 Å². The zero-order chi connectivity index (χ0) is 17.1. The third-order valence-corrected chi connectivity index (χ3v) is 5.88. The predicted octanol–water partition coefficient (Wildman–Crippen LogP) is 4.38. The van der Waals surface area contributed by atoms with Crippen molar-refractivity contribution in [2.75, 3.05) is 6.54 Å². The second kappa shape index (κ2) is 7.31. The molecule has 1 amide bonds. The molecule has 1 unspecified atom stereocenters. The summed E-state index contributed by atoms with van der Waals surface area (Å²) in [5.41, 5.74) is 2.26. The Balaban J connectivity index is 1.35. The lowest BCUT2D eigenvalue weighted by atomic mass is 10.1. The van der Waals surface area contributed by atoms with Crippen molar-refractivity contribution in [2.24, 2.45) is 0 Å². The Morgan fingerprint density at radius 1 is 1.20 bits per heavy atom. The Bertz CT molecular complexity index is 829. The SMILES string of the molecule is O=C(CCCc1nc2ccccc2s1)N1CCCC1c1ccncc1. The number of aromatic nitrogens is 2. The summed E-state index contributed by atoms with van der Waals surface area (Å²) in [5.74, 6) is 0.264. The van der Waals surface area contributed by atoms with Crippen molar-refractivity contribution in [2.45, 2.75) is 38.1 Å². The minimum absolute atomic E-state index is 0.220. The van der Waals surface area contributed by atoms with Crippen LogP contribution in [0.5, 0.6) is 0 Å². The third kappa shape index (κ3) is 3.56. The van der Waals surface area contributed by atoms with E-state index in [2.05, 4.69) is 16.0 Å². The summed E-state index contributed by atoms with van der Waals surface area (Å²) in [5, 5.41) is 1.13. The molecule has 0 aliphatic carbocycles. The average Bonchev–Trinajstić information content (AvgIpc) is 3.29. The summed E-state index contributed by atoms with van der Waals surface area (Å²) < 4.78 is 1.22. The van der Waals surface area contributed by atoms with Crippen molar-refractivity contribution in [3.05, 3.63) is 59.4 Å². The maximum Gasteiger partial charge on any atom is 0.223 e. The van der Waals surface area contributed by atoms with E-state index in [0.29, 0.717) is 6.42 Å². The Morgan fingerprint density at radius 3 is 2.88 bits per heavy atom. The summed E-state index contributed by atoms with van der Waals surface area (Å²) in [4.78, 5) is 23.5. The van der Waals surface area contributed by atoms with Crippen LogP contribution in [0.25, 0.3) is 10.2 Å². The van der Waals surface area contributed by atoms with Crippen molar-refractivity contribution in [3.63, 3.8) is 0 Å². The van der Waals surface area contributed by atoms with E-state index in [1.807, 2.05) is 47.6 Å². The molecule has 4 nitrogen and oxygen atoms in total. The van der Waals surface area contributed by atoms with Crippen LogP contribution in [-0.2, 0) is 11.2 Å². The van der Waals surface area contributed by atoms with Crippen molar-refractivity contribution in [1.82, 2.24) is 14.9 Å². The van der Waals surface area contributed by atoms with Crippen molar-refractivity contribution in [3.8, 4) is 0 Å². The molecule has 1 aliphatic rings. The number of aryl methyl sites for hydroxylation is 1. The smallest absolute Gasteiger partial charge is 0.223 e. The highest BCUT2D eigenvalue weighted by atomic mass is 32.1. The van der Waals surface area contributed by atoms with Gasteiger partial charge in [0, 0.05) is 25.4 Å². The number of benzene rings is 1. The van der Waals surface area contributed by atoms with E-state index in [1.165, 1.54) is 10.3 Å². The molecule has 1 aliphatic heterocycles.